The molecule has 108 valence electrons. The van der Waals surface area contributed by atoms with Gasteiger partial charge in [0.05, 0.1) is 12.6 Å². The molecule has 2 aromatic rings. The summed E-state index contributed by atoms with van der Waals surface area (Å²) in [7, 11) is -3.80. The van der Waals surface area contributed by atoms with E-state index in [-0.39, 0.29) is 17.3 Å². The van der Waals surface area contributed by atoms with E-state index < -0.39 is 16.1 Å². The minimum atomic E-state index is -3.80. The predicted octanol–water partition coefficient (Wildman–Crippen LogP) is 1.30. The van der Waals surface area contributed by atoms with E-state index in [1.807, 2.05) is 6.07 Å². The highest BCUT2D eigenvalue weighted by Crippen LogP contribution is 2.22. The molecular formula is C13H16N2O4S. The molecule has 1 atom stereocenters. The maximum Gasteiger partial charge on any atom is 0.246 e. The summed E-state index contributed by atoms with van der Waals surface area (Å²) in [5, 5.41) is 13.0. The highest BCUT2D eigenvalue weighted by atomic mass is 32.2. The van der Waals surface area contributed by atoms with Crippen molar-refractivity contribution in [1.29, 1.82) is 0 Å². The molecule has 0 saturated carbocycles. The second kappa shape index (κ2) is 5.74. The van der Waals surface area contributed by atoms with Crippen molar-refractivity contribution in [3.63, 3.8) is 0 Å². The van der Waals surface area contributed by atoms with Crippen molar-refractivity contribution in [2.24, 2.45) is 0 Å². The molecule has 0 aliphatic heterocycles. The first-order chi connectivity index (χ1) is 9.45. The Balaban J connectivity index is 2.32. The van der Waals surface area contributed by atoms with Crippen molar-refractivity contribution in [3.05, 3.63) is 47.3 Å². The van der Waals surface area contributed by atoms with E-state index in [0.717, 1.165) is 0 Å². The quantitative estimate of drug-likeness (QED) is 0.867. The molecule has 1 heterocycles. The van der Waals surface area contributed by atoms with Crippen molar-refractivity contribution < 1.29 is 18.0 Å². The molecular weight excluding hydrogens is 280 g/mol. The second-order valence-electron chi connectivity index (χ2n) is 4.42. The lowest BCUT2D eigenvalue weighted by atomic mass is 10.1. The Hall–Kier alpha value is -1.70. The van der Waals surface area contributed by atoms with Crippen LogP contribution in [0.2, 0.25) is 0 Å². The van der Waals surface area contributed by atoms with E-state index >= 15 is 0 Å². The summed E-state index contributed by atoms with van der Waals surface area (Å²) in [6.07, 6.45) is 0. The van der Waals surface area contributed by atoms with Gasteiger partial charge in [-0.3, -0.25) is 0 Å². The number of sulfonamides is 1. The molecule has 0 unspecified atom stereocenters. The van der Waals surface area contributed by atoms with Gasteiger partial charge in [-0.05, 0) is 19.4 Å². The molecule has 6 nitrogen and oxygen atoms in total. The monoisotopic (exact) mass is 296 g/mol. The smallest absolute Gasteiger partial charge is 0.246 e. The topological polar surface area (TPSA) is 92.4 Å². The standard InChI is InChI=1S/C13H16N2O4S/c1-9-13(10(2)19-14-9)20(17,18)15-12(8-16)11-6-4-3-5-7-11/h3-7,12,15-16H,8H2,1-2H3/t12-/m0/s1. The van der Waals surface area contributed by atoms with Gasteiger partial charge in [0.25, 0.3) is 0 Å². The fourth-order valence-corrected chi connectivity index (χ4v) is 3.55. The van der Waals surface area contributed by atoms with E-state index in [1.165, 1.54) is 6.92 Å². The summed E-state index contributed by atoms with van der Waals surface area (Å²) < 4.78 is 32.0. The Kier molecular flexibility index (Phi) is 4.22. The van der Waals surface area contributed by atoms with E-state index in [1.54, 1.807) is 31.2 Å². The average Bonchev–Trinajstić information content (AvgIpc) is 2.77. The van der Waals surface area contributed by atoms with Gasteiger partial charge in [-0.25, -0.2) is 13.1 Å². The van der Waals surface area contributed by atoms with Crippen molar-refractivity contribution >= 4 is 10.0 Å². The molecule has 0 amide bonds. The van der Waals surface area contributed by atoms with Crippen LogP contribution in [0.1, 0.15) is 23.1 Å². The third-order valence-corrected chi connectivity index (χ3v) is 4.63. The minimum Gasteiger partial charge on any atom is -0.394 e. The van der Waals surface area contributed by atoms with Crippen LogP contribution in [0.5, 0.6) is 0 Å². The zero-order chi connectivity index (χ0) is 14.8. The van der Waals surface area contributed by atoms with Gasteiger partial charge in [0.2, 0.25) is 10.0 Å². The summed E-state index contributed by atoms with van der Waals surface area (Å²) in [6, 6.07) is 8.16. The lowest BCUT2D eigenvalue weighted by Crippen LogP contribution is -2.31. The molecule has 1 aromatic heterocycles. The molecule has 0 radical (unpaired) electrons. The Labute approximate surface area is 117 Å². The van der Waals surface area contributed by atoms with E-state index in [2.05, 4.69) is 9.88 Å². The third-order valence-electron chi connectivity index (χ3n) is 2.92. The highest BCUT2D eigenvalue weighted by molar-refractivity contribution is 7.89. The van der Waals surface area contributed by atoms with E-state index in [0.29, 0.717) is 11.3 Å². The molecule has 0 spiro atoms. The number of aryl methyl sites for hydroxylation is 2. The van der Waals surface area contributed by atoms with E-state index in [9.17, 15) is 13.5 Å². The molecule has 1 aromatic carbocycles. The fourth-order valence-electron chi connectivity index (χ4n) is 2.00. The SMILES string of the molecule is Cc1noc(C)c1S(=O)(=O)N[C@@H](CO)c1ccccc1. The second-order valence-corrected chi connectivity index (χ2v) is 6.07. The van der Waals surface area contributed by atoms with Crippen LogP contribution in [0.3, 0.4) is 0 Å². The largest absolute Gasteiger partial charge is 0.394 e. The predicted molar refractivity (Wildman–Crippen MR) is 72.6 cm³/mol. The van der Waals surface area contributed by atoms with Gasteiger partial charge < -0.3 is 9.63 Å². The van der Waals surface area contributed by atoms with Gasteiger partial charge >= 0.3 is 0 Å². The maximum atomic E-state index is 12.4. The number of aliphatic hydroxyl groups is 1. The van der Waals surface area contributed by atoms with Gasteiger partial charge in [0.1, 0.15) is 10.6 Å². The van der Waals surface area contributed by atoms with Gasteiger partial charge in [-0.2, -0.15) is 0 Å². The fraction of sp³-hybridized carbons (Fsp3) is 0.308. The summed E-state index contributed by atoms with van der Waals surface area (Å²) in [5.41, 5.74) is 0.977. The number of benzene rings is 1. The Bertz CT molecular complexity index is 660. The van der Waals surface area contributed by atoms with Gasteiger partial charge in [-0.1, -0.05) is 35.5 Å². The number of rotatable bonds is 5. The molecule has 0 fully saturated rings. The highest BCUT2D eigenvalue weighted by Gasteiger charge is 2.27. The summed E-state index contributed by atoms with van der Waals surface area (Å²) in [4.78, 5) is 0.0203. The van der Waals surface area contributed by atoms with Crippen LogP contribution >= 0.6 is 0 Å². The lowest BCUT2D eigenvalue weighted by Gasteiger charge is -2.16. The first-order valence-corrected chi connectivity index (χ1v) is 7.55. The first kappa shape index (κ1) is 14.7. The number of nitrogens with zero attached hydrogens (tertiary/aromatic N) is 1. The molecule has 0 aliphatic carbocycles. The summed E-state index contributed by atoms with van der Waals surface area (Å²) in [5.74, 6) is 0.222. The lowest BCUT2D eigenvalue weighted by molar-refractivity contribution is 0.259. The molecule has 20 heavy (non-hydrogen) atoms. The van der Waals surface area contributed by atoms with Crippen molar-refractivity contribution in [3.8, 4) is 0 Å². The number of hydrogen-bond donors (Lipinski definition) is 2. The third kappa shape index (κ3) is 2.90. The molecule has 7 heteroatoms. The summed E-state index contributed by atoms with van der Waals surface area (Å²) in [6.45, 7) is 2.75. The van der Waals surface area contributed by atoms with Crippen molar-refractivity contribution in [2.45, 2.75) is 24.8 Å². The molecule has 0 bridgehead atoms. The van der Waals surface area contributed by atoms with Crippen LogP contribution in [-0.2, 0) is 10.0 Å². The van der Waals surface area contributed by atoms with Crippen LogP contribution in [-0.4, -0.2) is 25.3 Å². The Morgan fingerprint density at radius 1 is 1.30 bits per heavy atom. The molecule has 2 N–H and O–H groups in total. The average molecular weight is 296 g/mol. The number of aliphatic hydroxyl groups excluding tert-OH is 1. The molecule has 2 rings (SSSR count). The Morgan fingerprint density at radius 3 is 2.45 bits per heavy atom. The van der Waals surface area contributed by atoms with Gasteiger partial charge in [-0.15, -0.1) is 0 Å². The number of hydrogen-bond acceptors (Lipinski definition) is 5. The van der Waals surface area contributed by atoms with E-state index in [4.69, 9.17) is 4.52 Å². The zero-order valence-electron chi connectivity index (χ0n) is 11.2. The van der Waals surface area contributed by atoms with Gasteiger partial charge in [0.15, 0.2) is 5.76 Å². The zero-order valence-corrected chi connectivity index (χ0v) is 12.0. The first-order valence-electron chi connectivity index (χ1n) is 6.06. The molecule has 0 saturated heterocycles. The van der Waals surface area contributed by atoms with Crippen LogP contribution in [0, 0.1) is 13.8 Å². The number of nitrogens with one attached hydrogen (secondary N) is 1. The Morgan fingerprint density at radius 2 is 1.95 bits per heavy atom. The molecule has 0 aliphatic rings. The van der Waals surface area contributed by atoms with Crippen LogP contribution in [0.4, 0.5) is 0 Å². The van der Waals surface area contributed by atoms with Crippen LogP contribution in [0.25, 0.3) is 0 Å². The van der Waals surface area contributed by atoms with Crippen LogP contribution < -0.4 is 4.72 Å². The minimum absolute atomic E-state index is 0.0203. The maximum absolute atomic E-state index is 12.4. The normalized spacial score (nSPS) is 13.3. The van der Waals surface area contributed by atoms with Crippen molar-refractivity contribution in [1.82, 2.24) is 9.88 Å². The van der Waals surface area contributed by atoms with Crippen molar-refractivity contribution in [2.75, 3.05) is 6.61 Å². The number of aromatic nitrogens is 1. The van der Waals surface area contributed by atoms with Gasteiger partial charge in [0, 0.05) is 0 Å². The summed E-state index contributed by atoms with van der Waals surface area (Å²) >= 11 is 0. The van der Waals surface area contributed by atoms with Crippen LogP contribution in [0.15, 0.2) is 39.8 Å².